The monoisotopic (exact) mass is 296 g/mol. The smallest absolute Gasteiger partial charge is 0.341 e. The molecule has 6 heteroatoms. The molecule has 1 atom stereocenters. The van der Waals surface area contributed by atoms with Gasteiger partial charge in [-0.1, -0.05) is 13.8 Å². The maximum Gasteiger partial charge on any atom is 0.341 e. The van der Waals surface area contributed by atoms with E-state index in [1.807, 2.05) is 13.8 Å². The fraction of sp³-hybridized carbons (Fsp3) is 0.467. The number of ether oxygens (including phenoxy) is 1. The lowest BCUT2D eigenvalue weighted by atomic mass is 10.1. The molecule has 1 amide bonds. The van der Waals surface area contributed by atoms with Gasteiger partial charge >= 0.3 is 5.97 Å². The molecule has 0 saturated heterocycles. The topological polar surface area (TPSA) is 81.4 Å². The summed E-state index contributed by atoms with van der Waals surface area (Å²) in [6.07, 6.45) is -1.00. The van der Waals surface area contributed by atoms with Gasteiger partial charge in [-0.3, -0.25) is 4.79 Å². The fourth-order valence-electron chi connectivity index (χ4n) is 1.67. The van der Waals surface area contributed by atoms with Gasteiger partial charge < -0.3 is 15.8 Å². The number of rotatable bonds is 5. The minimum Gasteiger partial charge on any atom is -0.449 e. The fourth-order valence-corrected chi connectivity index (χ4v) is 1.67. The van der Waals surface area contributed by atoms with Crippen LogP contribution in [0.1, 0.15) is 36.7 Å². The number of aryl methyl sites for hydroxylation is 1. The zero-order valence-electron chi connectivity index (χ0n) is 12.7. The molecule has 1 aromatic rings. The summed E-state index contributed by atoms with van der Waals surface area (Å²) in [5.41, 5.74) is 5.83. The van der Waals surface area contributed by atoms with Crippen molar-refractivity contribution in [3.05, 3.63) is 29.1 Å². The number of nitrogen functional groups attached to an aromatic ring is 1. The van der Waals surface area contributed by atoms with Crippen LogP contribution in [-0.4, -0.2) is 24.5 Å². The number of hydrogen-bond acceptors (Lipinski definition) is 4. The molecule has 0 fully saturated rings. The Balaban J connectivity index is 2.75. The number of carbonyl (C=O) groups is 2. The van der Waals surface area contributed by atoms with Gasteiger partial charge in [-0.25, -0.2) is 9.18 Å². The lowest BCUT2D eigenvalue weighted by molar-refractivity contribution is -0.129. The van der Waals surface area contributed by atoms with Crippen LogP contribution in [0.25, 0.3) is 0 Å². The van der Waals surface area contributed by atoms with Crippen LogP contribution in [0.5, 0.6) is 0 Å². The molecule has 0 aliphatic heterocycles. The Bertz CT molecular complexity index is 544. The zero-order valence-corrected chi connectivity index (χ0v) is 12.7. The normalized spacial score (nSPS) is 12.1. The summed E-state index contributed by atoms with van der Waals surface area (Å²) in [4.78, 5) is 23.7. The Hall–Kier alpha value is -2.11. The summed E-state index contributed by atoms with van der Waals surface area (Å²) in [5.74, 6) is -1.73. The molecule has 1 rings (SSSR count). The van der Waals surface area contributed by atoms with E-state index in [9.17, 15) is 14.0 Å². The van der Waals surface area contributed by atoms with Crippen molar-refractivity contribution in [3.63, 3.8) is 0 Å². The van der Waals surface area contributed by atoms with Crippen molar-refractivity contribution >= 4 is 17.6 Å². The molecule has 1 aromatic carbocycles. The van der Waals surface area contributed by atoms with E-state index in [-0.39, 0.29) is 22.7 Å². The van der Waals surface area contributed by atoms with Crippen molar-refractivity contribution in [1.29, 1.82) is 0 Å². The van der Waals surface area contributed by atoms with Crippen LogP contribution >= 0.6 is 0 Å². The van der Waals surface area contributed by atoms with E-state index < -0.39 is 23.8 Å². The van der Waals surface area contributed by atoms with Crippen LogP contribution in [0.3, 0.4) is 0 Å². The van der Waals surface area contributed by atoms with Crippen molar-refractivity contribution in [2.75, 3.05) is 12.3 Å². The maximum atomic E-state index is 13.9. The van der Waals surface area contributed by atoms with Crippen molar-refractivity contribution in [1.82, 2.24) is 5.32 Å². The minimum atomic E-state index is -1.00. The van der Waals surface area contributed by atoms with E-state index in [0.29, 0.717) is 6.54 Å². The Morgan fingerprint density at radius 2 is 1.95 bits per heavy atom. The first-order valence-corrected chi connectivity index (χ1v) is 6.76. The molecule has 0 heterocycles. The summed E-state index contributed by atoms with van der Waals surface area (Å²) in [6, 6.07) is 2.62. The molecule has 116 valence electrons. The van der Waals surface area contributed by atoms with E-state index in [1.54, 1.807) is 0 Å². The Morgan fingerprint density at radius 1 is 1.33 bits per heavy atom. The second-order valence-electron chi connectivity index (χ2n) is 5.39. The molecular weight excluding hydrogens is 275 g/mol. The van der Waals surface area contributed by atoms with Crippen molar-refractivity contribution in [2.45, 2.75) is 33.8 Å². The van der Waals surface area contributed by atoms with E-state index in [1.165, 1.54) is 26.0 Å². The third-order valence-corrected chi connectivity index (χ3v) is 2.83. The predicted octanol–water partition coefficient (Wildman–Crippen LogP) is 2.03. The molecule has 0 spiro atoms. The summed E-state index contributed by atoms with van der Waals surface area (Å²) >= 11 is 0. The number of benzene rings is 1. The molecule has 0 saturated carbocycles. The average molecular weight is 296 g/mol. The van der Waals surface area contributed by atoms with Gasteiger partial charge in [0.05, 0.1) is 5.56 Å². The number of anilines is 1. The quantitative estimate of drug-likeness (QED) is 0.643. The second kappa shape index (κ2) is 7.06. The average Bonchev–Trinajstić information content (AvgIpc) is 2.39. The standard InChI is InChI=1S/C15H21FN2O3/c1-8(2)7-18-14(19)10(4)21-15(20)12-6-11(17)5-9(3)13(12)16/h5-6,8,10H,7,17H2,1-4H3,(H,18,19). The molecular formula is C15H21FN2O3. The number of hydrogen-bond donors (Lipinski definition) is 2. The lowest BCUT2D eigenvalue weighted by Gasteiger charge is -2.15. The third-order valence-electron chi connectivity index (χ3n) is 2.83. The van der Waals surface area contributed by atoms with E-state index in [4.69, 9.17) is 10.5 Å². The van der Waals surface area contributed by atoms with Crippen LogP contribution in [0.4, 0.5) is 10.1 Å². The minimum absolute atomic E-state index is 0.249. The number of amides is 1. The first-order valence-electron chi connectivity index (χ1n) is 6.76. The van der Waals surface area contributed by atoms with Crippen LogP contribution in [0.2, 0.25) is 0 Å². The van der Waals surface area contributed by atoms with Gasteiger partial charge in [0.2, 0.25) is 0 Å². The number of halogens is 1. The molecule has 5 nitrogen and oxygen atoms in total. The summed E-state index contributed by atoms with van der Waals surface area (Å²) < 4.78 is 18.9. The van der Waals surface area contributed by atoms with Crippen molar-refractivity contribution in [3.8, 4) is 0 Å². The van der Waals surface area contributed by atoms with Gasteiger partial charge in [0.25, 0.3) is 5.91 Å². The Kier molecular flexibility index (Phi) is 5.69. The highest BCUT2D eigenvalue weighted by Gasteiger charge is 2.22. The molecule has 3 N–H and O–H groups in total. The number of nitrogens with two attached hydrogens (primary N) is 1. The largest absolute Gasteiger partial charge is 0.449 e. The SMILES string of the molecule is Cc1cc(N)cc(C(=O)OC(C)C(=O)NCC(C)C)c1F. The van der Waals surface area contributed by atoms with Crippen molar-refractivity contribution in [2.24, 2.45) is 5.92 Å². The van der Waals surface area contributed by atoms with Gasteiger partial charge in [-0.2, -0.15) is 0 Å². The van der Waals surface area contributed by atoms with Crippen molar-refractivity contribution < 1.29 is 18.7 Å². The first kappa shape index (κ1) is 16.9. The molecule has 0 aliphatic carbocycles. The Morgan fingerprint density at radius 3 is 2.52 bits per heavy atom. The molecule has 0 aliphatic rings. The van der Waals surface area contributed by atoms with Crippen LogP contribution in [-0.2, 0) is 9.53 Å². The first-order chi connectivity index (χ1) is 9.72. The molecule has 0 radical (unpaired) electrons. The highest BCUT2D eigenvalue weighted by Crippen LogP contribution is 2.18. The predicted molar refractivity (Wildman–Crippen MR) is 78.3 cm³/mol. The number of esters is 1. The third kappa shape index (κ3) is 4.73. The van der Waals surface area contributed by atoms with Gasteiger partial charge in [0.15, 0.2) is 6.10 Å². The molecule has 1 unspecified atom stereocenters. The number of nitrogens with one attached hydrogen (secondary N) is 1. The summed E-state index contributed by atoms with van der Waals surface area (Å²) in [6.45, 7) is 7.31. The second-order valence-corrected chi connectivity index (χ2v) is 5.39. The van der Waals surface area contributed by atoms with E-state index in [0.717, 1.165) is 0 Å². The molecule has 21 heavy (non-hydrogen) atoms. The maximum absolute atomic E-state index is 13.9. The van der Waals surface area contributed by atoms with Crippen LogP contribution < -0.4 is 11.1 Å². The highest BCUT2D eigenvalue weighted by atomic mass is 19.1. The Labute approximate surface area is 123 Å². The summed E-state index contributed by atoms with van der Waals surface area (Å²) in [5, 5.41) is 2.64. The van der Waals surface area contributed by atoms with Gasteiger partial charge in [0, 0.05) is 12.2 Å². The van der Waals surface area contributed by atoms with Gasteiger partial charge in [0.1, 0.15) is 5.82 Å². The van der Waals surface area contributed by atoms with E-state index in [2.05, 4.69) is 5.32 Å². The van der Waals surface area contributed by atoms with Gasteiger partial charge in [-0.15, -0.1) is 0 Å². The molecule has 0 bridgehead atoms. The summed E-state index contributed by atoms with van der Waals surface area (Å²) in [7, 11) is 0. The van der Waals surface area contributed by atoms with Crippen LogP contribution in [0.15, 0.2) is 12.1 Å². The zero-order chi connectivity index (χ0) is 16.2. The highest BCUT2D eigenvalue weighted by molar-refractivity contribution is 5.93. The lowest BCUT2D eigenvalue weighted by Crippen LogP contribution is -2.37. The van der Waals surface area contributed by atoms with Gasteiger partial charge in [-0.05, 0) is 37.5 Å². The molecule has 0 aromatic heterocycles. The van der Waals surface area contributed by atoms with E-state index >= 15 is 0 Å². The van der Waals surface area contributed by atoms with Crippen LogP contribution in [0, 0.1) is 18.7 Å². The number of carbonyl (C=O) groups excluding carboxylic acids is 2.